The first kappa shape index (κ1) is 16.2. The Morgan fingerprint density at radius 3 is 2.35 bits per heavy atom. The maximum atomic E-state index is 10.9. The first-order chi connectivity index (χ1) is 11.1. The van der Waals surface area contributed by atoms with E-state index in [0.29, 0.717) is 17.3 Å². The van der Waals surface area contributed by atoms with Crippen molar-refractivity contribution in [2.75, 3.05) is 17.7 Å². The highest BCUT2D eigenvalue weighted by molar-refractivity contribution is 5.88. The zero-order valence-corrected chi connectivity index (χ0v) is 13.0. The van der Waals surface area contributed by atoms with Gasteiger partial charge in [-0.15, -0.1) is 0 Å². The van der Waals surface area contributed by atoms with Crippen LogP contribution in [0.4, 0.5) is 17.3 Å². The van der Waals surface area contributed by atoms with Gasteiger partial charge < -0.3 is 15.7 Å². The quantitative estimate of drug-likeness (QED) is 0.755. The lowest BCUT2D eigenvalue weighted by Crippen LogP contribution is -2.06. The summed E-state index contributed by atoms with van der Waals surface area (Å²) < 4.78 is 0. The predicted molar refractivity (Wildman–Crippen MR) is 93.1 cm³/mol. The van der Waals surface area contributed by atoms with Gasteiger partial charge in [0.1, 0.15) is 0 Å². The van der Waals surface area contributed by atoms with Crippen LogP contribution < -0.4 is 10.6 Å². The summed E-state index contributed by atoms with van der Waals surface area (Å²) in [6.07, 6.45) is 5.38. The van der Waals surface area contributed by atoms with Crippen LogP contribution in [0.1, 0.15) is 28.7 Å². The van der Waals surface area contributed by atoms with Crippen LogP contribution in [0, 0.1) is 0 Å². The third kappa shape index (κ3) is 3.74. The molecule has 118 valence electrons. The number of carboxylic acid groups (broad SMARTS) is 1. The van der Waals surface area contributed by atoms with Gasteiger partial charge in [0.05, 0.1) is 17.0 Å². The second kappa shape index (κ2) is 7.22. The molecule has 1 heterocycles. The van der Waals surface area contributed by atoms with Gasteiger partial charge in [0.2, 0.25) is 0 Å². The molecule has 1 aromatic heterocycles. The number of nitrogens with zero attached hydrogens (tertiary/aromatic N) is 2. The second-order valence-electron chi connectivity index (χ2n) is 4.65. The molecule has 0 saturated carbocycles. The van der Waals surface area contributed by atoms with Gasteiger partial charge in [0, 0.05) is 12.7 Å². The van der Waals surface area contributed by atoms with Gasteiger partial charge in [-0.2, -0.15) is 0 Å². The number of allylic oxidation sites excluding steroid dienone is 1. The molecular formula is C17H18N4O2. The van der Waals surface area contributed by atoms with Crippen LogP contribution in [0.5, 0.6) is 0 Å². The molecule has 6 nitrogen and oxygen atoms in total. The first-order valence-electron chi connectivity index (χ1n) is 7.04. The fraction of sp³-hybridized carbons (Fsp3) is 0.118. The number of aromatic nitrogens is 2. The van der Waals surface area contributed by atoms with Crippen LogP contribution in [-0.2, 0) is 0 Å². The highest BCUT2D eigenvalue weighted by Gasteiger charge is 2.10. The monoisotopic (exact) mass is 310 g/mol. The molecule has 23 heavy (non-hydrogen) atoms. The number of nitrogens with one attached hydrogen (secondary N) is 2. The summed E-state index contributed by atoms with van der Waals surface area (Å²) in [6.45, 7) is 5.67. The molecular weight excluding hydrogens is 292 g/mol. The van der Waals surface area contributed by atoms with Crippen molar-refractivity contribution in [2.45, 2.75) is 6.92 Å². The number of carboxylic acids is 1. The van der Waals surface area contributed by atoms with Gasteiger partial charge in [-0.3, -0.25) is 0 Å². The van der Waals surface area contributed by atoms with E-state index in [4.69, 9.17) is 5.11 Å². The van der Waals surface area contributed by atoms with Crippen LogP contribution >= 0.6 is 0 Å². The van der Waals surface area contributed by atoms with E-state index in [9.17, 15) is 4.79 Å². The van der Waals surface area contributed by atoms with Gasteiger partial charge in [0.25, 0.3) is 0 Å². The molecule has 0 atom stereocenters. The smallest absolute Gasteiger partial charge is 0.335 e. The molecule has 0 aliphatic heterocycles. The van der Waals surface area contributed by atoms with E-state index in [1.165, 1.54) is 12.1 Å². The average molecular weight is 310 g/mol. The van der Waals surface area contributed by atoms with E-state index >= 15 is 0 Å². The molecule has 1 aromatic carbocycles. The SMILES string of the molecule is C=Cc1nc(Nc2ccc(C(=O)O)cc2)c(NC)nc1/C=C\C. The number of rotatable bonds is 6. The molecule has 6 heteroatoms. The molecule has 0 aliphatic carbocycles. The van der Waals surface area contributed by atoms with E-state index in [2.05, 4.69) is 27.2 Å². The number of hydrogen-bond donors (Lipinski definition) is 3. The maximum absolute atomic E-state index is 10.9. The van der Waals surface area contributed by atoms with Crippen molar-refractivity contribution < 1.29 is 9.90 Å². The van der Waals surface area contributed by atoms with Crippen LogP contribution in [-0.4, -0.2) is 28.1 Å². The van der Waals surface area contributed by atoms with Gasteiger partial charge in [-0.1, -0.05) is 12.7 Å². The van der Waals surface area contributed by atoms with Gasteiger partial charge in [0.15, 0.2) is 11.6 Å². The molecule has 3 N–H and O–H groups in total. The third-order valence-corrected chi connectivity index (χ3v) is 3.10. The Kier molecular flexibility index (Phi) is 5.09. The Hall–Kier alpha value is -3.15. The van der Waals surface area contributed by atoms with Crippen molar-refractivity contribution in [2.24, 2.45) is 0 Å². The van der Waals surface area contributed by atoms with E-state index < -0.39 is 5.97 Å². The van der Waals surface area contributed by atoms with Crippen molar-refractivity contribution in [1.82, 2.24) is 9.97 Å². The predicted octanol–water partition coefficient (Wildman–Crippen LogP) is 3.64. The molecule has 0 aliphatic rings. The summed E-state index contributed by atoms with van der Waals surface area (Å²) in [7, 11) is 1.76. The first-order valence-corrected chi connectivity index (χ1v) is 7.04. The zero-order chi connectivity index (χ0) is 16.8. The molecule has 0 fully saturated rings. The fourth-order valence-corrected chi connectivity index (χ4v) is 1.99. The molecule has 0 spiro atoms. The molecule has 0 bridgehead atoms. The van der Waals surface area contributed by atoms with Crippen molar-refractivity contribution in [3.05, 3.63) is 53.9 Å². The van der Waals surface area contributed by atoms with Gasteiger partial charge >= 0.3 is 5.97 Å². The number of benzene rings is 1. The summed E-state index contributed by atoms with van der Waals surface area (Å²) in [5, 5.41) is 15.1. The summed E-state index contributed by atoms with van der Waals surface area (Å²) in [6, 6.07) is 6.41. The average Bonchev–Trinajstić information content (AvgIpc) is 2.56. The van der Waals surface area contributed by atoms with E-state index in [1.807, 2.05) is 19.1 Å². The second-order valence-corrected chi connectivity index (χ2v) is 4.65. The Morgan fingerprint density at radius 1 is 1.17 bits per heavy atom. The number of aromatic carboxylic acids is 1. The number of hydrogen-bond acceptors (Lipinski definition) is 5. The standard InChI is InChI=1S/C17H18N4O2/c1-4-6-14-13(5-2)20-16(15(18-3)21-14)19-12-9-7-11(8-10-12)17(22)23/h4-10H,2H2,1,3H3,(H,18,21)(H,19,20)(H,22,23)/b6-4-. The summed E-state index contributed by atoms with van der Waals surface area (Å²) in [4.78, 5) is 19.9. The molecule has 0 unspecified atom stereocenters. The van der Waals surface area contributed by atoms with Gasteiger partial charge in [-0.25, -0.2) is 14.8 Å². The lowest BCUT2D eigenvalue weighted by Gasteiger charge is -2.13. The molecule has 0 amide bonds. The number of carbonyl (C=O) groups is 1. The fourth-order valence-electron chi connectivity index (χ4n) is 1.99. The minimum Gasteiger partial charge on any atom is -0.478 e. The van der Waals surface area contributed by atoms with Crippen molar-refractivity contribution in [3.8, 4) is 0 Å². The largest absolute Gasteiger partial charge is 0.478 e. The molecule has 0 saturated heterocycles. The molecule has 2 aromatic rings. The van der Waals surface area contributed by atoms with Gasteiger partial charge in [-0.05, 0) is 43.3 Å². The third-order valence-electron chi connectivity index (χ3n) is 3.10. The van der Waals surface area contributed by atoms with Crippen molar-refractivity contribution >= 4 is 35.4 Å². The zero-order valence-electron chi connectivity index (χ0n) is 13.0. The Bertz CT molecular complexity index is 752. The minimum atomic E-state index is -0.961. The molecule has 2 rings (SSSR count). The van der Waals surface area contributed by atoms with Crippen LogP contribution in [0.3, 0.4) is 0 Å². The summed E-state index contributed by atoms with van der Waals surface area (Å²) in [5.74, 6) is 0.168. The lowest BCUT2D eigenvalue weighted by atomic mass is 10.2. The number of anilines is 3. The Labute approximate surface area is 134 Å². The highest BCUT2D eigenvalue weighted by Crippen LogP contribution is 2.24. The topological polar surface area (TPSA) is 87.1 Å². The van der Waals surface area contributed by atoms with E-state index in [1.54, 1.807) is 25.3 Å². The highest BCUT2D eigenvalue weighted by atomic mass is 16.4. The van der Waals surface area contributed by atoms with Crippen LogP contribution in [0.25, 0.3) is 12.2 Å². The van der Waals surface area contributed by atoms with Crippen molar-refractivity contribution in [3.63, 3.8) is 0 Å². The Balaban J connectivity index is 2.38. The minimum absolute atomic E-state index is 0.227. The summed E-state index contributed by atoms with van der Waals surface area (Å²) in [5.41, 5.74) is 2.32. The summed E-state index contributed by atoms with van der Waals surface area (Å²) >= 11 is 0. The maximum Gasteiger partial charge on any atom is 0.335 e. The van der Waals surface area contributed by atoms with Crippen LogP contribution in [0.2, 0.25) is 0 Å². The normalized spacial score (nSPS) is 10.5. The molecule has 0 radical (unpaired) electrons. The van der Waals surface area contributed by atoms with Crippen LogP contribution in [0.15, 0.2) is 36.9 Å². The lowest BCUT2D eigenvalue weighted by molar-refractivity contribution is 0.0697. The van der Waals surface area contributed by atoms with Crippen molar-refractivity contribution in [1.29, 1.82) is 0 Å². The van der Waals surface area contributed by atoms with E-state index in [0.717, 1.165) is 11.4 Å². The Morgan fingerprint density at radius 2 is 1.83 bits per heavy atom. The van der Waals surface area contributed by atoms with E-state index in [-0.39, 0.29) is 5.56 Å².